The zero-order valence-corrected chi connectivity index (χ0v) is 16.5. The molecule has 2 heterocycles. The van der Waals surface area contributed by atoms with Crippen molar-refractivity contribution in [2.75, 3.05) is 26.2 Å². The highest BCUT2D eigenvalue weighted by Crippen LogP contribution is 2.18. The molecular weight excluding hydrogens is 352 g/mol. The Hall–Kier alpha value is -2.18. The molecule has 6 heteroatoms. The minimum absolute atomic E-state index is 0.102. The van der Waals surface area contributed by atoms with Crippen LogP contribution >= 0.6 is 0 Å². The van der Waals surface area contributed by atoms with Crippen molar-refractivity contribution in [2.45, 2.75) is 51.2 Å². The van der Waals surface area contributed by atoms with Crippen LogP contribution in [0.3, 0.4) is 0 Å². The summed E-state index contributed by atoms with van der Waals surface area (Å²) in [5.41, 5.74) is 1.76. The molecule has 0 atom stereocenters. The van der Waals surface area contributed by atoms with Crippen molar-refractivity contribution >= 4 is 5.91 Å². The zero-order chi connectivity index (χ0) is 19.2. The Morgan fingerprint density at radius 1 is 1.00 bits per heavy atom. The van der Waals surface area contributed by atoms with E-state index in [9.17, 15) is 4.79 Å². The van der Waals surface area contributed by atoms with Crippen LogP contribution in [0, 0.1) is 0 Å². The molecule has 1 saturated carbocycles. The van der Waals surface area contributed by atoms with E-state index in [2.05, 4.69) is 50.4 Å². The molecule has 0 bridgehead atoms. The average molecular weight is 383 g/mol. The van der Waals surface area contributed by atoms with E-state index >= 15 is 0 Å². The van der Waals surface area contributed by atoms with Crippen LogP contribution in [-0.2, 0) is 13.1 Å². The molecule has 2 aliphatic rings. The van der Waals surface area contributed by atoms with Crippen LogP contribution in [0.5, 0.6) is 0 Å². The molecular formula is C22H30N4O2. The molecule has 1 saturated heterocycles. The van der Waals surface area contributed by atoms with E-state index in [1.54, 1.807) is 0 Å². The highest BCUT2D eigenvalue weighted by Gasteiger charge is 2.21. The predicted octanol–water partition coefficient (Wildman–Crippen LogP) is 3.05. The number of oxazole rings is 1. The third-order valence-electron chi connectivity index (χ3n) is 5.80. The molecule has 1 aromatic heterocycles. The first-order valence-electron chi connectivity index (χ1n) is 10.5. The summed E-state index contributed by atoms with van der Waals surface area (Å²) >= 11 is 0. The summed E-state index contributed by atoms with van der Waals surface area (Å²) in [5, 5.41) is 3.10. The summed E-state index contributed by atoms with van der Waals surface area (Å²) in [6.45, 7) is 5.70. The number of amides is 1. The molecule has 0 spiro atoms. The van der Waals surface area contributed by atoms with E-state index in [4.69, 9.17) is 4.42 Å². The number of hydrogen-bond donors (Lipinski definition) is 1. The molecule has 0 radical (unpaired) electrons. The van der Waals surface area contributed by atoms with Gasteiger partial charge in [0.1, 0.15) is 6.26 Å². The van der Waals surface area contributed by atoms with E-state index in [1.165, 1.54) is 31.1 Å². The molecule has 2 fully saturated rings. The number of aromatic nitrogens is 1. The number of benzene rings is 1. The number of nitrogens with one attached hydrogen (secondary N) is 1. The summed E-state index contributed by atoms with van der Waals surface area (Å²) < 4.78 is 5.57. The first-order valence-corrected chi connectivity index (χ1v) is 10.5. The van der Waals surface area contributed by atoms with E-state index in [0.29, 0.717) is 24.2 Å². The van der Waals surface area contributed by atoms with E-state index in [0.717, 1.165) is 45.6 Å². The molecule has 1 amide bonds. The smallest absolute Gasteiger partial charge is 0.273 e. The van der Waals surface area contributed by atoms with Gasteiger partial charge in [-0.25, -0.2) is 4.98 Å². The molecule has 28 heavy (non-hydrogen) atoms. The Balaban J connectivity index is 1.22. The van der Waals surface area contributed by atoms with Crippen molar-refractivity contribution in [3.8, 4) is 0 Å². The van der Waals surface area contributed by atoms with Gasteiger partial charge in [0.05, 0.1) is 6.54 Å². The van der Waals surface area contributed by atoms with Crippen LogP contribution in [0.25, 0.3) is 0 Å². The van der Waals surface area contributed by atoms with Crippen molar-refractivity contribution < 1.29 is 9.21 Å². The van der Waals surface area contributed by atoms with Gasteiger partial charge in [-0.2, -0.15) is 0 Å². The maximum Gasteiger partial charge on any atom is 0.273 e. The Labute approximate surface area is 166 Å². The van der Waals surface area contributed by atoms with Crippen molar-refractivity contribution in [3.05, 3.63) is 53.7 Å². The molecule has 150 valence electrons. The number of piperazine rings is 1. The van der Waals surface area contributed by atoms with Gasteiger partial charge in [0.25, 0.3) is 5.91 Å². The number of rotatable bonds is 6. The van der Waals surface area contributed by atoms with Gasteiger partial charge in [-0.1, -0.05) is 49.6 Å². The van der Waals surface area contributed by atoms with Crippen molar-refractivity contribution in [1.29, 1.82) is 0 Å². The summed E-state index contributed by atoms with van der Waals surface area (Å²) in [6.07, 6.45) is 7.32. The highest BCUT2D eigenvalue weighted by molar-refractivity contribution is 5.92. The molecule has 6 nitrogen and oxygen atoms in total. The van der Waals surface area contributed by atoms with Crippen molar-refractivity contribution in [3.63, 3.8) is 0 Å². The quantitative estimate of drug-likeness (QED) is 0.832. The van der Waals surface area contributed by atoms with Crippen LogP contribution in [-0.4, -0.2) is 52.9 Å². The van der Waals surface area contributed by atoms with Crippen LogP contribution in [0.2, 0.25) is 0 Å². The summed E-state index contributed by atoms with van der Waals surface area (Å²) in [6, 6.07) is 10.9. The number of carbonyl (C=O) groups is 1. The molecule has 2 aromatic rings. The van der Waals surface area contributed by atoms with Gasteiger partial charge >= 0.3 is 0 Å². The second-order valence-electron chi connectivity index (χ2n) is 7.97. The number of hydrogen-bond acceptors (Lipinski definition) is 5. The normalized spacial score (nSPS) is 19.6. The highest BCUT2D eigenvalue weighted by atomic mass is 16.3. The Bertz CT molecular complexity index is 747. The summed E-state index contributed by atoms with van der Waals surface area (Å²) in [4.78, 5) is 21.6. The van der Waals surface area contributed by atoms with E-state index < -0.39 is 0 Å². The third-order valence-corrected chi connectivity index (χ3v) is 5.80. The lowest BCUT2D eigenvalue weighted by Gasteiger charge is -2.34. The fourth-order valence-electron chi connectivity index (χ4n) is 4.13. The molecule has 1 aliphatic heterocycles. The molecule has 4 rings (SSSR count). The van der Waals surface area contributed by atoms with Gasteiger partial charge in [-0.3, -0.25) is 14.6 Å². The van der Waals surface area contributed by atoms with Gasteiger partial charge in [0.2, 0.25) is 5.89 Å². The van der Waals surface area contributed by atoms with Crippen molar-refractivity contribution in [1.82, 2.24) is 20.1 Å². The van der Waals surface area contributed by atoms with Crippen LogP contribution < -0.4 is 5.32 Å². The van der Waals surface area contributed by atoms with Gasteiger partial charge in [0.15, 0.2) is 5.69 Å². The van der Waals surface area contributed by atoms with E-state index in [-0.39, 0.29) is 5.91 Å². The van der Waals surface area contributed by atoms with Gasteiger partial charge in [-0.05, 0) is 18.4 Å². The maximum absolute atomic E-state index is 12.4. The van der Waals surface area contributed by atoms with Crippen LogP contribution in [0.4, 0.5) is 0 Å². The summed E-state index contributed by atoms with van der Waals surface area (Å²) in [5.74, 6) is 0.528. The fourth-order valence-corrected chi connectivity index (χ4v) is 4.13. The van der Waals surface area contributed by atoms with Gasteiger partial charge < -0.3 is 9.73 Å². The standard InChI is InChI=1S/C22H30N4O2/c27-22(23-19-9-5-2-6-10-19)20-17-28-21(24-20)16-26-13-11-25(12-14-26)15-18-7-3-1-4-8-18/h1,3-4,7-8,17,19H,2,5-6,9-16H2,(H,23,27). The van der Waals surface area contributed by atoms with Gasteiger partial charge in [0, 0.05) is 38.8 Å². The minimum Gasteiger partial charge on any atom is -0.447 e. The van der Waals surface area contributed by atoms with Crippen LogP contribution in [0.15, 0.2) is 41.0 Å². The van der Waals surface area contributed by atoms with E-state index in [1.807, 2.05) is 0 Å². The topological polar surface area (TPSA) is 61.6 Å². The average Bonchev–Trinajstić information content (AvgIpc) is 3.20. The summed E-state index contributed by atoms with van der Waals surface area (Å²) in [7, 11) is 0. The number of nitrogens with zero attached hydrogens (tertiary/aromatic N) is 3. The second kappa shape index (κ2) is 9.34. The first-order chi connectivity index (χ1) is 13.8. The Kier molecular flexibility index (Phi) is 6.39. The molecule has 1 aliphatic carbocycles. The van der Waals surface area contributed by atoms with Crippen molar-refractivity contribution in [2.24, 2.45) is 0 Å². The lowest BCUT2D eigenvalue weighted by molar-refractivity contribution is 0.0922. The Morgan fingerprint density at radius 3 is 2.39 bits per heavy atom. The lowest BCUT2D eigenvalue weighted by Crippen LogP contribution is -2.45. The molecule has 1 N–H and O–H groups in total. The SMILES string of the molecule is O=C(NC1CCCCC1)c1coc(CN2CCN(Cc3ccccc3)CC2)n1. The third kappa shape index (κ3) is 5.20. The second-order valence-corrected chi connectivity index (χ2v) is 7.97. The predicted molar refractivity (Wildman–Crippen MR) is 108 cm³/mol. The number of carbonyl (C=O) groups excluding carboxylic acids is 1. The first kappa shape index (κ1) is 19.2. The Morgan fingerprint density at radius 2 is 1.68 bits per heavy atom. The minimum atomic E-state index is -0.102. The fraction of sp³-hybridized carbons (Fsp3) is 0.545. The van der Waals surface area contributed by atoms with Crippen LogP contribution in [0.1, 0.15) is 54.0 Å². The molecule has 0 unspecified atom stereocenters. The maximum atomic E-state index is 12.4. The van der Waals surface area contributed by atoms with Gasteiger partial charge in [-0.15, -0.1) is 0 Å². The molecule has 1 aromatic carbocycles. The largest absolute Gasteiger partial charge is 0.447 e. The zero-order valence-electron chi connectivity index (χ0n) is 16.5. The lowest BCUT2D eigenvalue weighted by atomic mass is 9.95. The monoisotopic (exact) mass is 382 g/mol.